The Bertz CT molecular complexity index is 769. The Morgan fingerprint density at radius 1 is 0.679 bits per heavy atom. The summed E-state index contributed by atoms with van der Waals surface area (Å²) in [7, 11) is -7.96. The molecule has 0 aliphatic rings. The first-order chi connectivity index (χ1) is 13.2. The molecule has 0 fully saturated rings. The van der Waals surface area contributed by atoms with Crippen LogP contribution in [0.4, 0.5) is 17.3 Å². The maximum atomic E-state index is 12.2. The van der Waals surface area contributed by atoms with E-state index in [-0.39, 0.29) is 5.78 Å². The average molecular weight is 406 g/mol. The van der Waals surface area contributed by atoms with Gasteiger partial charge in [-0.2, -0.15) is 0 Å². The Morgan fingerprint density at radius 3 is 1.14 bits per heavy atom. The molecule has 0 N–H and O–H groups in total. The van der Waals surface area contributed by atoms with Crippen molar-refractivity contribution < 1.29 is 22.1 Å². The van der Waals surface area contributed by atoms with Crippen molar-refractivity contribution in [3.8, 4) is 0 Å². The van der Waals surface area contributed by atoms with Gasteiger partial charge < -0.3 is 17.3 Å². The molecule has 0 aliphatic heterocycles. The third-order valence-corrected chi connectivity index (χ3v) is 8.51. The lowest BCUT2D eigenvalue weighted by molar-refractivity contribution is -0.114. The predicted molar refractivity (Wildman–Crippen MR) is 111 cm³/mol. The molecule has 0 bridgehead atoms. The maximum absolute atomic E-state index is 12.2. The minimum absolute atomic E-state index is 0.231. The molecule has 0 saturated carbocycles. The number of Topliss-reactive ketones (excluding diaryl/α,β-unsaturated/α-hetero) is 1. The molecule has 3 aromatic carbocycles. The molecule has 0 aromatic heterocycles. The third kappa shape index (κ3) is 6.03. The van der Waals surface area contributed by atoms with E-state index in [1.807, 2.05) is 18.2 Å². The van der Waals surface area contributed by atoms with Gasteiger partial charge >= 0.3 is 7.25 Å². The fourth-order valence-electron chi connectivity index (χ4n) is 3.10. The topological polar surface area (TPSA) is 17.1 Å². The first-order valence-corrected chi connectivity index (χ1v) is 10.6. The molecule has 3 rings (SSSR count). The standard InChI is InChI=1S/C21H20OP.BF4/c1-18(22)17-23(19-11-5-2-6-12-19,20-13-7-3-8-14-20)21-15-9-4-10-16-21;2-1(3,4)5/h2-16H,17H2,1H3;/q+1;-1. The van der Waals surface area contributed by atoms with E-state index >= 15 is 0 Å². The van der Waals surface area contributed by atoms with Crippen molar-refractivity contribution in [3.63, 3.8) is 0 Å². The van der Waals surface area contributed by atoms with Crippen LogP contribution in [0.3, 0.4) is 0 Å². The molecule has 0 spiro atoms. The molecule has 28 heavy (non-hydrogen) atoms. The van der Waals surface area contributed by atoms with Crippen molar-refractivity contribution in [1.82, 2.24) is 0 Å². The zero-order valence-corrected chi connectivity index (χ0v) is 16.2. The summed E-state index contributed by atoms with van der Waals surface area (Å²) in [5, 5.41) is 3.77. The van der Waals surface area contributed by atoms with E-state index in [4.69, 9.17) is 0 Å². The largest absolute Gasteiger partial charge is 0.673 e. The molecular weight excluding hydrogens is 386 g/mol. The number of ketones is 1. The van der Waals surface area contributed by atoms with E-state index in [0.717, 1.165) is 0 Å². The summed E-state index contributed by atoms with van der Waals surface area (Å²) in [4.78, 5) is 12.2. The average Bonchev–Trinajstić information content (AvgIpc) is 2.67. The highest BCUT2D eigenvalue weighted by Crippen LogP contribution is 2.55. The number of carbonyl (C=O) groups excluding carboxylic acids is 1. The SMILES string of the molecule is CC(=O)C[P+](c1ccccc1)(c1ccccc1)c1ccccc1.F[B-](F)(F)F. The van der Waals surface area contributed by atoms with E-state index in [1.54, 1.807) is 6.92 Å². The van der Waals surface area contributed by atoms with Crippen LogP contribution >= 0.6 is 7.26 Å². The fraction of sp³-hybridized carbons (Fsp3) is 0.0952. The monoisotopic (exact) mass is 406 g/mol. The van der Waals surface area contributed by atoms with Crippen LogP contribution < -0.4 is 15.9 Å². The van der Waals surface area contributed by atoms with Gasteiger partial charge in [-0.05, 0) is 43.3 Å². The summed E-state index contributed by atoms with van der Waals surface area (Å²) in [6.45, 7) is 1.70. The van der Waals surface area contributed by atoms with Crippen LogP contribution in [0.1, 0.15) is 6.92 Å². The highest BCUT2D eigenvalue weighted by atomic mass is 31.2. The van der Waals surface area contributed by atoms with Gasteiger partial charge in [-0.1, -0.05) is 54.6 Å². The van der Waals surface area contributed by atoms with Gasteiger partial charge in [0.05, 0.1) is 0 Å². The second-order valence-corrected chi connectivity index (χ2v) is 9.66. The van der Waals surface area contributed by atoms with Gasteiger partial charge in [0.1, 0.15) is 29.3 Å². The Morgan fingerprint density at radius 2 is 0.929 bits per heavy atom. The molecule has 0 heterocycles. The quantitative estimate of drug-likeness (QED) is 0.336. The molecule has 1 nitrogen and oxygen atoms in total. The van der Waals surface area contributed by atoms with Crippen LogP contribution in [0.5, 0.6) is 0 Å². The number of carbonyl (C=O) groups is 1. The van der Waals surface area contributed by atoms with E-state index in [9.17, 15) is 22.1 Å². The first kappa shape index (κ1) is 21.8. The summed E-state index contributed by atoms with van der Waals surface area (Å²) in [5.74, 6) is 0.231. The second kappa shape index (κ2) is 9.65. The zero-order valence-electron chi connectivity index (χ0n) is 15.3. The molecule has 3 aromatic rings. The Kier molecular flexibility index (Phi) is 7.53. The molecule has 7 heteroatoms. The molecule has 0 radical (unpaired) electrons. The highest BCUT2D eigenvalue weighted by molar-refractivity contribution is 7.96. The molecule has 0 unspecified atom stereocenters. The maximum Gasteiger partial charge on any atom is 0.673 e. The van der Waals surface area contributed by atoms with Crippen molar-refractivity contribution in [2.24, 2.45) is 0 Å². The molecule has 0 atom stereocenters. The lowest BCUT2D eigenvalue weighted by Gasteiger charge is -2.26. The summed E-state index contributed by atoms with van der Waals surface area (Å²) < 4.78 is 39.0. The number of halogens is 4. The van der Waals surface area contributed by atoms with Crippen LogP contribution in [-0.4, -0.2) is 19.2 Å². The number of hydrogen-bond acceptors (Lipinski definition) is 1. The summed E-state index contributed by atoms with van der Waals surface area (Å²) in [5.41, 5.74) is 0. The van der Waals surface area contributed by atoms with Crippen LogP contribution in [0.2, 0.25) is 0 Å². The predicted octanol–water partition coefficient (Wildman–Crippen LogP) is 4.87. The lowest BCUT2D eigenvalue weighted by Crippen LogP contribution is -2.35. The minimum Gasteiger partial charge on any atom is -0.418 e. The van der Waals surface area contributed by atoms with E-state index in [2.05, 4.69) is 72.8 Å². The molecular formula is C21H20BF4OP. The molecule has 0 aliphatic carbocycles. The van der Waals surface area contributed by atoms with E-state index < -0.39 is 14.5 Å². The number of hydrogen-bond donors (Lipinski definition) is 0. The van der Waals surface area contributed by atoms with Gasteiger partial charge in [0.25, 0.3) is 0 Å². The number of rotatable bonds is 5. The van der Waals surface area contributed by atoms with Gasteiger partial charge in [-0.15, -0.1) is 0 Å². The fourth-order valence-corrected chi connectivity index (χ4v) is 7.26. The van der Waals surface area contributed by atoms with Gasteiger partial charge in [-0.3, -0.25) is 4.79 Å². The summed E-state index contributed by atoms with van der Waals surface area (Å²) in [6.07, 6.45) is 0.561. The van der Waals surface area contributed by atoms with Crippen LogP contribution in [0, 0.1) is 0 Å². The third-order valence-electron chi connectivity index (χ3n) is 4.05. The Balaban J connectivity index is 0.000000500. The highest BCUT2D eigenvalue weighted by Gasteiger charge is 2.46. The van der Waals surface area contributed by atoms with Gasteiger partial charge in [0.15, 0.2) is 5.78 Å². The van der Waals surface area contributed by atoms with Crippen molar-refractivity contribution in [2.75, 3.05) is 6.16 Å². The van der Waals surface area contributed by atoms with Crippen molar-refractivity contribution in [3.05, 3.63) is 91.0 Å². The van der Waals surface area contributed by atoms with Gasteiger partial charge in [0, 0.05) is 0 Å². The van der Waals surface area contributed by atoms with E-state index in [1.165, 1.54) is 15.9 Å². The normalized spacial score (nSPS) is 11.3. The number of benzene rings is 3. The van der Waals surface area contributed by atoms with Crippen LogP contribution in [0.25, 0.3) is 0 Å². The molecule has 0 saturated heterocycles. The van der Waals surface area contributed by atoms with Crippen molar-refractivity contribution in [1.29, 1.82) is 0 Å². The molecule has 146 valence electrons. The minimum atomic E-state index is -6.00. The smallest absolute Gasteiger partial charge is 0.418 e. The summed E-state index contributed by atoms with van der Waals surface area (Å²) >= 11 is 0. The van der Waals surface area contributed by atoms with Crippen molar-refractivity contribution in [2.45, 2.75) is 6.92 Å². The van der Waals surface area contributed by atoms with Crippen LogP contribution in [0.15, 0.2) is 91.0 Å². The Hall–Kier alpha value is -2.46. The van der Waals surface area contributed by atoms with Crippen molar-refractivity contribution >= 4 is 36.2 Å². The second-order valence-electron chi connectivity index (χ2n) is 6.17. The lowest BCUT2D eigenvalue weighted by atomic mass is 10.3. The zero-order chi connectivity index (χ0) is 20.6. The first-order valence-electron chi connectivity index (χ1n) is 8.65. The van der Waals surface area contributed by atoms with Gasteiger partial charge in [-0.25, -0.2) is 0 Å². The van der Waals surface area contributed by atoms with Crippen LogP contribution in [-0.2, 0) is 4.79 Å². The summed E-state index contributed by atoms with van der Waals surface area (Å²) in [6, 6.07) is 31.5. The van der Waals surface area contributed by atoms with E-state index in [0.29, 0.717) is 6.16 Å². The van der Waals surface area contributed by atoms with Gasteiger partial charge in [0.2, 0.25) is 0 Å². The molecule has 0 amide bonds. The Labute approximate surface area is 162 Å².